The minimum absolute atomic E-state index is 0. The van der Waals surface area contributed by atoms with E-state index in [2.05, 4.69) is 39.7 Å². The van der Waals surface area contributed by atoms with Gasteiger partial charge >= 0.3 is 0 Å². The van der Waals surface area contributed by atoms with E-state index in [4.69, 9.17) is 9.47 Å². The molecule has 0 amide bonds. The molecule has 28 heavy (non-hydrogen) atoms. The van der Waals surface area contributed by atoms with Gasteiger partial charge in [0.15, 0.2) is 5.96 Å². The van der Waals surface area contributed by atoms with E-state index in [1.54, 1.807) is 14.2 Å². The van der Waals surface area contributed by atoms with Crippen molar-refractivity contribution in [3.63, 3.8) is 0 Å². The zero-order valence-electron chi connectivity index (χ0n) is 16.7. The summed E-state index contributed by atoms with van der Waals surface area (Å²) in [7, 11) is 3.45. The molecule has 7 heteroatoms. The van der Waals surface area contributed by atoms with E-state index in [1.807, 2.05) is 24.4 Å². The van der Waals surface area contributed by atoms with Crippen molar-refractivity contribution in [2.75, 3.05) is 20.8 Å². The van der Waals surface area contributed by atoms with Crippen LogP contribution in [0.25, 0.3) is 0 Å². The highest BCUT2D eigenvalue weighted by Crippen LogP contribution is 2.29. The second-order valence-corrected chi connectivity index (χ2v) is 6.85. The van der Waals surface area contributed by atoms with Crippen molar-refractivity contribution >= 4 is 29.9 Å². The molecule has 0 unspecified atom stereocenters. The molecule has 1 fully saturated rings. The van der Waals surface area contributed by atoms with Gasteiger partial charge in [-0.1, -0.05) is 18.2 Å². The quantitative estimate of drug-likeness (QED) is 0.332. The SMILES string of the molecule is CN=C(NCc1ccc(OCC2CC2)nc1)NCc1ccc(C)cc1OC.I. The maximum atomic E-state index is 5.67. The number of aromatic nitrogens is 1. The highest BCUT2D eigenvalue weighted by molar-refractivity contribution is 14.0. The number of nitrogens with one attached hydrogen (secondary N) is 2. The van der Waals surface area contributed by atoms with Crippen LogP contribution in [0.5, 0.6) is 11.6 Å². The Hall–Kier alpha value is -2.03. The van der Waals surface area contributed by atoms with Gasteiger partial charge in [-0.25, -0.2) is 4.98 Å². The molecule has 0 radical (unpaired) electrons. The summed E-state index contributed by atoms with van der Waals surface area (Å²) in [4.78, 5) is 8.64. The van der Waals surface area contributed by atoms with Gasteiger partial charge < -0.3 is 20.1 Å². The molecule has 0 bridgehead atoms. The summed E-state index contributed by atoms with van der Waals surface area (Å²) in [6.07, 6.45) is 4.40. The van der Waals surface area contributed by atoms with E-state index >= 15 is 0 Å². The predicted octanol–water partition coefficient (Wildman–Crippen LogP) is 3.67. The topological polar surface area (TPSA) is 67.8 Å². The van der Waals surface area contributed by atoms with Gasteiger partial charge in [-0.05, 0) is 42.9 Å². The first-order valence-corrected chi connectivity index (χ1v) is 9.33. The Labute approximate surface area is 184 Å². The van der Waals surface area contributed by atoms with E-state index in [9.17, 15) is 0 Å². The number of methoxy groups -OCH3 is 1. The molecule has 1 heterocycles. The van der Waals surface area contributed by atoms with Crippen LogP contribution in [0.4, 0.5) is 0 Å². The monoisotopic (exact) mass is 496 g/mol. The third-order valence-electron chi connectivity index (χ3n) is 4.53. The van der Waals surface area contributed by atoms with Crippen LogP contribution in [0.3, 0.4) is 0 Å². The number of rotatable bonds is 8. The molecule has 1 aliphatic rings. The largest absolute Gasteiger partial charge is 0.496 e. The summed E-state index contributed by atoms with van der Waals surface area (Å²) in [6, 6.07) is 10.1. The number of halogens is 1. The molecule has 6 nitrogen and oxygen atoms in total. The standard InChI is InChI=1S/C21H28N4O2.HI/c1-15-4-8-18(19(10-15)26-3)13-25-21(22-2)24-12-17-7-9-20(23-11-17)27-14-16-5-6-16;/h4,7-11,16H,5-6,12-14H2,1-3H3,(H2,22,24,25);1H. The van der Waals surface area contributed by atoms with Crippen molar-refractivity contribution in [3.8, 4) is 11.6 Å². The molecule has 152 valence electrons. The first kappa shape index (κ1) is 22.3. The van der Waals surface area contributed by atoms with E-state index in [0.717, 1.165) is 35.4 Å². The minimum Gasteiger partial charge on any atom is -0.496 e. The Bertz CT molecular complexity index is 776. The lowest BCUT2D eigenvalue weighted by Gasteiger charge is -2.14. The molecule has 0 aliphatic heterocycles. The number of hydrogen-bond donors (Lipinski definition) is 2. The lowest BCUT2D eigenvalue weighted by molar-refractivity contribution is 0.288. The number of aliphatic imine (C=N–C) groups is 1. The zero-order valence-corrected chi connectivity index (χ0v) is 19.0. The van der Waals surface area contributed by atoms with Crippen LogP contribution in [-0.4, -0.2) is 31.7 Å². The fourth-order valence-electron chi connectivity index (χ4n) is 2.67. The van der Waals surface area contributed by atoms with Gasteiger partial charge in [0.2, 0.25) is 5.88 Å². The average Bonchev–Trinajstić information content (AvgIpc) is 3.52. The van der Waals surface area contributed by atoms with Crippen molar-refractivity contribution in [3.05, 3.63) is 53.2 Å². The zero-order chi connectivity index (χ0) is 19.1. The lowest BCUT2D eigenvalue weighted by Crippen LogP contribution is -2.36. The molecule has 2 N–H and O–H groups in total. The predicted molar refractivity (Wildman–Crippen MR) is 123 cm³/mol. The third kappa shape index (κ3) is 6.85. The number of nitrogens with zero attached hydrogens (tertiary/aromatic N) is 2. The van der Waals surface area contributed by atoms with Gasteiger partial charge in [0.25, 0.3) is 0 Å². The van der Waals surface area contributed by atoms with Gasteiger partial charge in [0.05, 0.1) is 13.7 Å². The average molecular weight is 496 g/mol. The van der Waals surface area contributed by atoms with Gasteiger partial charge in [-0.2, -0.15) is 0 Å². The lowest BCUT2D eigenvalue weighted by atomic mass is 10.1. The first-order valence-electron chi connectivity index (χ1n) is 9.33. The first-order chi connectivity index (χ1) is 13.2. The normalized spacial score (nSPS) is 13.5. The molecular formula is C21H29IN4O2. The summed E-state index contributed by atoms with van der Waals surface area (Å²) in [5.74, 6) is 3.03. The summed E-state index contributed by atoms with van der Waals surface area (Å²) in [5.41, 5.74) is 3.34. The number of aryl methyl sites for hydroxylation is 1. The van der Waals surface area contributed by atoms with E-state index in [1.165, 1.54) is 18.4 Å². The summed E-state index contributed by atoms with van der Waals surface area (Å²) >= 11 is 0. The molecule has 1 aromatic heterocycles. The fraction of sp³-hybridized carbons (Fsp3) is 0.429. The Kier molecular flexibility index (Phi) is 8.82. The van der Waals surface area contributed by atoms with Gasteiger partial charge in [-0.3, -0.25) is 4.99 Å². The Morgan fingerprint density at radius 2 is 1.96 bits per heavy atom. The number of guanidine groups is 1. The molecule has 2 aromatic rings. The maximum absolute atomic E-state index is 5.67. The van der Waals surface area contributed by atoms with Crippen molar-refractivity contribution in [1.82, 2.24) is 15.6 Å². The minimum atomic E-state index is 0. The molecule has 1 saturated carbocycles. The Morgan fingerprint density at radius 1 is 1.18 bits per heavy atom. The summed E-state index contributed by atoms with van der Waals surface area (Å²) in [5, 5.41) is 6.62. The number of benzene rings is 1. The molecule has 3 rings (SSSR count). The smallest absolute Gasteiger partial charge is 0.213 e. The number of ether oxygens (including phenoxy) is 2. The molecule has 1 aromatic carbocycles. The van der Waals surface area contributed by atoms with Gasteiger partial charge in [-0.15, -0.1) is 24.0 Å². The van der Waals surface area contributed by atoms with E-state index in [-0.39, 0.29) is 24.0 Å². The molecule has 1 aliphatic carbocycles. The van der Waals surface area contributed by atoms with Crippen LogP contribution in [0.2, 0.25) is 0 Å². The van der Waals surface area contributed by atoms with Crippen LogP contribution in [0.15, 0.2) is 41.5 Å². The number of pyridine rings is 1. The van der Waals surface area contributed by atoms with Crippen molar-refractivity contribution in [2.24, 2.45) is 10.9 Å². The van der Waals surface area contributed by atoms with Gasteiger partial charge in [0, 0.05) is 38.0 Å². The van der Waals surface area contributed by atoms with Crippen LogP contribution >= 0.6 is 24.0 Å². The summed E-state index contributed by atoms with van der Waals surface area (Å²) in [6.45, 7) is 4.11. The second-order valence-electron chi connectivity index (χ2n) is 6.85. The molecule has 0 spiro atoms. The Balaban J connectivity index is 0.00000280. The third-order valence-corrected chi connectivity index (χ3v) is 4.53. The molecule has 0 saturated heterocycles. The van der Waals surface area contributed by atoms with E-state index in [0.29, 0.717) is 19.0 Å². The highest BCUT2D eigenvalue weighted by Gasteiger charge is 2.22. The maximum Gasteiger partial charge on any atom is 0.213 e. The highest BCUT2D eigenvalue weighted by atomic mass is 127. The van der Waals surface area contributed by atoms with Crippen LogP contribution in [-0.2, 0) is 13.1 Å². The fourth-order valence-corrected chi connectivity index (χ4v) is 2.67. The van der Waals surface area contributed by atoms with Crippen LogP contribution < -0.4 is 20.1 Å². The van der Waals surface area contributed by atoms with Crippen molar-refractivity contribution in [1.29, 1.82) is 0 Å². The van der Waals surface area contributed by atoms with Crippen molar-refractivity contribution in [2.45, 2.75) is 32.9 Å². The van der Waals surface area contributed by atoms with E-state index < -0.39 is 0 Å². The Morgan fingerprint density at radius 3 is 2.61 bits per heavy atom. The summed E-state index contributed by atoms with van der Waals surface area (Å²) < 4.78 is 11.1. The van der Waals surface area contributed by atoms with Crippen LogP contribution in [0.1, 0.15) is 29.5 Å². The number of hydrogen-bond acceptors (Lipinski definition) is 4. The molecule has 0 atom stereocenters. The van der Waals surface area contributed by atoms with Gasteiger partial charge in [0.1, 0.15) is 5.75 Å². The second kappa shape index (κ2) is 11.1. The molecular weight excluding hydrogens is 467 g/mol. The van der Waals surface area contributed by atoms with Crippen molar-refractivity contribution < 1.29 is 9.47 Å². The van der Waals surface area contributed by atoms with Crippen LogP contribution in [0, 0.1) is 12.8 Å².